The molecule has 0 bridgehead atoms. The molecule has 0 aliphatic rings. The van der Waals surface area contributed by atoms with E-state index in [9.17, 15) is 13.2 Å². The summed E-state index contributed by atoms with van der Waals surface area (Å²) >= 11 is 5.75. The SMILES string of the molecule is CN(CC(=O)OCCCc1cccnc1)S(=O)(=O)c1ccc(Cl)cc1. The van der Waals surface area contributed by atoms with E-state index in [1.807, 2.05) is 12.1 Å². The number of aromatic nitrogens is 1. The van der Waals surface area contributed by atoms with E-state index in [2.05, 4.69) is 4.98 Å². The van der Waals surface area contributed by atoms with Crippen LogP contribution in [-0.2, 0) is 26.0 Å². The lowest BCUT2D eigenvalue weighted by Crippen LogP contribution is -2.33. The normalized spacial score (nSPS) is 11.5. The highest BCUT2D eigenvalue weighted by molar-refractivity contribution is 7.89. The number of rotatable bonds is 8. The van der Waals surface area contributed by atoms with Crippen LogP contribution in [0.1, 0.15) is 12.0 Å². The Kier molecular flexibility index (Phi) is 6.92. The lowest BCUT2D eigenvalue weighted by Gasteiger charge is -2.16. The van der Waals surface area contributed by atoms with Crippen LogP contribution in [0.3, 0.4) is 0 Å². The fourth-order valence-corrected chi connectivity index (χ4v) is 3.35. The summed E-state index contributed by atoms with van der Waals surface area (Å²) in [6, 6.07) is 9.55. The molecular weight excluding hydrogens is 364 g/mol. The Bertz CT molecular complexity index is 795. The summed E-state index contributed by atoms with van der Waals surface area (Å²) in [5, 5.41) is 0.439. The van der Waals surface area contributed by atoms with E-state index in [1.165, 1.54) is 31.3 Å². The number of carbonyl (C=O) groups is 1. The van der Waals surface area contributed by atoms with Gasteiger partial charge in [-0.15, -0.1) is 0 Å². The number of hydrogen-bond acceptors (Lipinski definition) is 5. The minimum Gasteiger partial charge on any atom is -0.465 e. The molecule has 0 fully saturated rings. The summed E-state index contributed by atoms with van der Waals surface area (Å²) in [6.07, 6.45) is 4.83. The first kappa shape index (κ1) is 19.4. The minimum absolute atomic E-state index is 0.0729. The molecule has 1 heterocycles. The Labute approximate surface area is 152 Å². The summed E-state index contributed by atoms with van der Waals surface area (Å²) in [6.45, 7) is -0.125. The number of hydrogen-bond donors (Lipinski definition) is 0. The van der Waals surface area contributed by atoms with Gasteiger partial charge in [-0.2, -0.15) is 4.31 Å². The van der Waals surface area contributed by atoms with Gasteiger partial charge in [0.2, 0.25) is 10.0 Å². The minimum atomic E-state index is -3.76. The highest BCUT2D eigenvalue weighted by atomic mass is 35.5. The first-order valence-electron chi connectivity index (χ1n) is 7.66. The van der Waals surface area contributed by atoms with E-state index in [0.29, 0.717) is 11.4 Å². The van der Waals surface area contributed by atoms with E-state index in [-0.39, 0.29) is 18.0 Å². The Balaban J connectivity index is 1.80. The Morgan fingerprint density at radius 3 is 2.60 bits per heavy atom. The van der Waals surface area contributed by atoms with Gasteiger partial charge in [0.05, 0.1) is 11.5 Å². The van der Waals surface area contributed by atoms with E-state index < -0.39 is 16.0 Å². The molecule has 6 nitrogen and oxygen atoms in total. The lowest BCUT2D eigenvalue weighted by atomic mass is 10.2. The molecule has 8 heteroatoms. The van der Waals surface area contributed by atoms with Gasteiger partial charge in [-0.25, -0.2) is 8.42 Å². The number of carbonyl (C=O) groups excluding carboxylic acids is 1. The van der Waals surface area contributed by atoms with E-state index >= 15 is 0 Å². The highest BCUT2D eigenvalue weighted by Gasteiger charge is 2.23. The quantitative estimate of drug-likeness (QED) is 0.518. The number of aryl methyl sites for hydroxylation is 1. The first-order valence-corrected chi connectivity index (χ1v) is 9.48. The zero-order valence-electron chi connectivity index (χ0n) is 13.8. The van der Waals surface area contributed by atoms with Gasteiger partial charge in [0.1, 0.15) is 6.54 Å². The van der Waals surface area contributed by atoms with Crippen molar-refractivity contribution in [1.29, 1.82) is 0 Å². The standard InChI is InChI=1S/C17H19ClN2O4S/c1-20(25(22,23)16-8-6-15(18)7-9-16)13-17(21)24-11-3-5-14-4-2-10-19-12-14/h2,4,6-10,12H,3,5,11,13H2,1H3. The number of sulfonamides is 1. The Morgan fingerprint density at radius 1 is 1.24 bits per heavy atom. The summed E-state index contributed by atoms with van der Waals surface area (Å²) in [7, 11) is -2.42. The fourth-order valence-electron chi connectivity index (χ4n) is 2.11. The smallest absolute Gasteiger partial charge is 0.321 e. The third-order valence-corrected chi connectivity index (χ3v) is 5.54. The van der Waals surface area contributed by atoms with Crippen molar-refractivity contribution in [2.24, 2.45) is 0 Å². The molecule has 2 rings (SSSR count). The summed E-state index contributed by atoms with van der Waals surface area (Å²) < 4.78 is 30.8. The molecule has 0 aliphatic heterocycles. The molecule has 0 radical (unpaired) electrons. The monoisotopic (exact) mass is 382 g/mol. The van der Waals surface area contributed by atoms with Gasteiger partial charge in [-0.05, 0) is 48.7 Å². The maximum atomic E-state index is 12.4. The number of nitrogens with zero attached hydrogens (tertiary/aromatic N) is 2. The molecule has 0 saturated carbocycles. The number of pyridine rings is 1. The van der Waals surface area contributed by atoms with Crippen molar-refractivity contribution in [3.63, 3.8) is 0 Å². The molecule has 0 N–H and O–H groups in total. The van der Waals surface area contributed by atoms with Crippen LogP contribution in [-0.4, -0.2) is 43.9 Å². The molecule has 0 aliphatic carbocycles. The zero-order valence-corrected chi connectivity index (χ0v) is 15.3. The number of likely N-dealkylation sites (N-methyl/N-ethyl adjacent to an activating group) is 1. The van der Waals surface area contributed by atoms with Crippen LogP contribution in [0, 0.1) is 0 Å². The number of halogens is 1. The third-order valence-electron chi connectivity index (χ3n) is 3.47. The van der Waals surface area contributed by atoms with Gasteiger partial charge in [-0.3, -0.25) is 9.78 Å². The predicted octanol–water partition coefficient (Wildman–Crippen LogP) is 2.53. The number of ether oxygens (including phenoxy) is 1. The van der Waals surface area contributed by atoms with Crippen molar-refractivity contribution in [3.05, 3.63) is 59.4 Å². The van der Waals surface area contributed by atoms with Crippen LogP contribution in [0.4, 0.5) is 0 Å². The maximum absolute atomic E-state index is 12.4. The van der Waals surface area contributed by atoms with Gasteiger partial charge in [0.25, 0.3) is 0 Å². The average molecular weight is 383 g/mol. The lowest BCUT2D eigenvalue weighted by molar-refractivity contribution is -0.143. The van der Waals surface area contributed by atoms with Gasteiger partial charge >= 0.3 is 5.97 Å². The van der Waals surface area contributed by atoms with E-state index in [0.717, 1.165) is 16.3 Å². The van der Waals surface area contributed by atoms with Crippen LogP contribution in [0.25, 0.3) is 0 Å². The molecule has 1 aromatic carbocycles. The summed E-state index contributed by atoms with van der Waals surface area (Å²) in [5.41, 5.74) is 1.06. The van der Waals surface area contributed by atoms with Crippen molar-refractivity contribution in [3.8, 4) is 0 Å². The summed E-state index contributed by atoms with van der Waals surface area (Å²) in [4.78, 5) is 15.9. The summed E-state index contributed by atoms with van der Waals surface area (Å²) in [5.74, 6) is -0.591. The van der Waals surface area contributed by atoms with Crippen LogP contribution < -0.4 is 0 Å². The van der Waals surface area contributed by atoms with Crippen LogP contribution >= 0.6 is 11.6 Å². The number of esters is 1. The van der Waals surface area contributed by atoms with E-state index in [4.69, 9.17) is 16.3 Å². The van der Waals surface area contributed by atoms with Crippen molar-refractivity contribution in [2.75, 3.05) is 20.2 Å². The molecule has 1 aromatic heterocycles. The van der Waals surface area contributed by atoms with Crippen LogP contribution in [0.15, 0.2) is 53.7 Å². The van der Waals surface area contributed by atoms with Gasteiger partial charge < -0.3 is 4.74 Å². The van der Waals surface area contributed by atoms with Crippen LogP contribution in [0.2, 0.25) is 5.02 Å². The fraction of sp³-hybridized carbons (Fsp3) is 0.294. The predicted molar refractivity (Wildman–Crippen MR) is 94.8 cm³/mol. The first-order chi connectivity index (χ1) is 11.9. The molecule has 0 amide bonds. The van der Waals surface area contributed by atoms with Gasteiger partial charge in [0.15, 0.2) is 0 Å². The molecule has 0 spiro atoms. The zero-order chi connectivity index (χ0) is 18.3. The molecular formula is C17H19ClN2O4S. The van der Waals surface area contributed by atoms with Gasteiger partial charge in [-0.1, -0.05) is 17.7 Å². The topological polar surface area (TPSA) is 76.6 Å². The molecule has 25 heavy (non-hydrogen) atoms. The van der Waals surface area contributed by atoms with Crippen molar-refractivity contribution < 1.29 is 17.9 Å². The number of benzene rings is 1. The second kappa shape index (κ2) is 8.94. The van der Waals surface area contributed by atoms with Crippen LogP contribution in [0.5, 0.6) is 0 Å². The molecule has 0 saturated heterocycles. The molecule has 134 valence electrons. The van der Waals surface area contributed by atoms with Crippen molar-refractivity contribution in [1.82, 2.24) is 9.29 Å². The molecule has 0 atom stereocenters. The largest absolute Gasteiger partial charge is 0.465 e. The Morgan fingerprint density at radius 2 is 1.96 bits per heavy atom. The van der Waals surface area contributed by atoms with Crippen molar-refractivity contribution >= 4 is 27.6 Å². The van der Waals surface area contributed by atoms with E-state index in [1.54, 1.807) is 12.4 Å². The van der Waals surface area contributed by atoms with Gasteiger partial charge in [0, 0.05) is 24.5 Å². The molecule has 2 aromatic rings. The Hall–Kier alpha value is -1.96. The second-order valence-corrected chi connectivity index (χ2v) is 7.88. The highest BCUT2D eigenvalue weighted by Crippen LogP contribution is 2.17. The second-order valence-electron chi connectivity index (χ2n) is 5.40. The molecule has 0 unspecified atom stereocenters. The maximum Gasteiger partial charge on any atom is 0.321 e. The van der Waals surface area contributed by atoms with Crippen molar-refractivity contribution in [2.45, 2.75) is 17.7 Å². The third kappa shape index (κ3) is 5.81. The average Bonchev–Trinajstić information content (AvgIpc) is 2.60.